The number of carbonyl (C=O) groups excluding carboxylic acids is 1. The predicted molar refractivity (Wildman–Crippen MR) is 99.0 cm³/mol. The molecule has 3 aromatic rings. The van der Waals surface area contributed by atoms with Crippen LogP contribution in [0.1, 0.15) is 12.8 Å². The Balaban J connectivity index is 1.23. The van der Waals surface area contributed by atoms with Gasteiger partial charge in [-0.3, -0.25) is 4.79 Å². The van der Waals surface area contributed by atoms with Crippen LogP contribution in [0.4, 0.5) is 15.9 Å². The highest BCUT2D eigenvalue weighted by molar-refractivity contribution is 5.90. The number of carbonyl (C=O) groups is 1. The Labute approximate surface area is 155 Å². The summed E-state index contributed by atoms with van der Waals surface area (Å²) in [6.07, 6.45) is 2.90. The van der Waals surface area contributed by atoms with Gasteiger partial charge in [0.15, 0.2) is 5.65 Å². The quantitative estimate of drug-likeness (QED) is 0.684. The molecule has 1 saturated heterocycles. The maximum atomic E-state index is 13.1. The molecule has 140 valence electrons. The van der Waals surface area contributed by atoms with Crippen molar-refractivity contribution < 1.29 is 9.18 Å². The Bertz CT molecular complexity index is 944. The lowest BCUT2D eigenvalue weighted by atomic mass is 10.2. The zero-order valence-corrected chi connectivity index (χ0v) is 14.7. The van der Waals surface area contributed by atoms with E-state index in [0.717, 1.165) is 31.0 Å². The molecule has 1 atom stereocenters. The molecule has 27 heavy (non-hydrogen) atoms. The summed E-state index contributed by atoms with van der Waals surface area (Å²) in [5, 5.41) is 18.4. The van der Waals surface area contributed by atoms with Crippen molar-refractivity contribution >= 4 is 23.1 Å². The van der Waals surface area contributed by atoms with Crippen LogP contribution < -0.4 is 15.5 Å². The fourth-order valence-corrected chi connectivity index (χ4v) is 3.20. The first-order valence-electron chi connectivity index (χ1n) is 8.88. The van der Waals surface area contributed by atoms with Gasteiger partial charge in [0.1, 0.15) is 18.0 Å². The third-order valence-corrected chi connectivity index (χ3v) is 4.55. The second-order valence-electron chi connectivity index (χ2n) is 6.52. The van der Waals surface area contributed by atoms with E-state index in [1.165, 1.54) is 12.1 Å². The Morgan fingerprint density at radius 3 is 3.11 bits per heavy atom. The van der Waals surface area contributed by atoms with Gasteiger partial charge in [-0.15, -0.1) is 15.3 Å². The molecular formula is C18H20FN7O. The van der Waals surface area contributed by atoms with Crippen LogP contribution in [0.15, 0.2) is 42.7 Å². The normalized spacial score (nSPS) is 16.8. The van der Waals surface area contributed by atoms with Crippen LogP contribution >= 0.6 is 0 Å². The van der Waals surface area contributed by atoms with Crippen molar-refractivity contribution in [3.8, 4) is 0 Å². The van der Waals surface area contributed by atoms with Gasteiger partial charge in [-0.1, -0.05) is 6.07 Å². The van der Waals surface area contributed by atoms with E-state index in [0.29, 0.717) is 24.7 Å². The Kier molecular flexibility index (Phi) is 4.93. The van der Waals surface area contributed by atoms with Crippen LogP contribution in [0.3, 0.4) is 0 Å². The number of rotatable bonds is 6. The van der Waals surface area contributed by atoms with Crippen LogP contribution in [0, 0.1) is 5.82 Å². The van der Waals surface area contributed by atoms with Crippen LogP contribution in [0.5, 0.6) is 0 Å². The van der Waals surface area contributed by atoms with E-state index in [-0.39, 0.29) is 11.7 Å². The number of halogens is 1. The fraction of sp³-hybridized carbons (Fsp3) is 0.333. The summed E-state index contributed by atoms with van der Waals surface area (Å²) in [5.74, 6) is 0.383. The third-order valence-electron chi connectivity index (χ3n) is 4.55. The maximum Gasteiger partial charge on any atom is 0.225 e. The summed E-state index contributed by atoms with van der Waals surface area (Å²) in [6, 6.07) is 10.0. The van der Waals surface area contributed by atoms with Crippen LogP contribution in [-0.4, -0.2) is 51.4 Å². The van der Waals surface area contributed by atoms with Gasteiger partial charge in [0, 0.05) is 37.8 Å². The number of anilines is 2. The minimum absolute atomic E-state index is 0.136. The minimum Gasteiger partial charge on any atom is -0.354 e. The van der Waals surface area contributed by atoms with E-state index < -0.39 is 0 Å². The zero-order chi connectivity index (χ0) is 18.6. The van der Waals surface area contributed by atoms with Gasteiger partial charge in [0.25, 0.3) is 0 Å². The molecule has 2 N–H and O–H groups in total. The molecule has 3 heterocycles. The summed E-state index contributed by atoms with van der Waals surface area (Å²) in [6.45, 7) is 2.29. The number of nitrogens with zero attached hydrogens (tertiary/aromatic N) is 5. The Morgan fingerprint density at radius 2 is 2.22 bits per heavy atom. The van der Waals surface area contributed by atoms with Crippen molar-refractivity contribution in [3.05, 3.63) is 48.5 Å². The van der Waals surface area contributed by atoms with Crippen molar-refractivity contribution in [2.45, 2.75) is 18.9 Å². The summed E-state index contributed by atoms with van der Waals surface area (Å²) < 4.78 is 14.8. The first-order valence-corrected chi connectivity index (χ1v) is 8.88. The fourth-order valence-electron chi connectivity index (χ4n) is 3.20. The van der Waals surface area contributed by atoms with Crippen LogP contribution in [0.25, 0.3) is 5.65 Å². The van der Waals surface area contributed by atoms with Crippen molar-refractivity contribution in [2.24, 2.45) is 0 Å². The number of nitrogens with one attached hydrogen (secondary N) is 2. The average Bonchev–Trinajstić information content (AvgIpc) is 3.30. The van der Waals surface area contributed by atoms with E-state index in [1.807, 2.05) is 12.1 Å². The van der Waals surface area contributed by atoms with Gasteiger partial charge in [-0.05, 0) is 36.8 Å². The van der Waals surface area contributed by atoms with Crippen molar-refractivity contribution in [2.75, 3.05) is 29.9 Å². The van der Waals surface area contributed by atoms with Crippen LogP contribution in [0.2, 0.25) is 0 Å². The standard InChI is InChI=1S/C18H20FN7O/c19-13-2-1-3-14(10-13)22-18(27)6-8-20-15-7-9-25(11-15)17-5-4-16-23-21-12-26(16)24-17/h1-5,10,12,15,20H,6-9,11H2,(H,22,27). The highest BCUT2D eigenvalue weighted by Crippen LogP contribution is 2.18. The molecule has 1 amide bonds. The molecule has 1 aliphatic rings. The Hall–Kier alpha value is -3.07. The third kappa shape index (κ3) is 4.20. The van der Waals surface area contributed by atoms with Crippen LogP contribution in [-0.2, 0) is 4.79 Å². The largest absolute Gasteiger partial charge is 0.354 e. The molecule has 4 rings (SSSR count). The SMILES string of the molecule is O=C(CCNC1CCN(c2ccc3nncn3n2)C1)Nc1cccc(F)c1. The molecule has 9 heteroatoms. The molecule has 2 aromatic heterocycles. The molecule has 0 spiro atoms. The van der Waals surface area contributed by atoms with Gasteiger partial charge < -0.3 is 15.5 Å². The predicted octanol–water partition coefficient (Wildman–Crippen LogP) is 1.46. The van der Waals surface area contributed by atoms with E-state index in [4.69, 9.17) is 0 Å². The van der Waals surface area contributed by atoms with Gasteiger partial charge in [0.05, 0.1) is 0 Å². The lowest BCUT2D eigenvalue weighted by molar-refractivity contribution is -0.116. The summed E-state index contributed by atoms with van der Waals surface area (Å²) >= 11 is 0. The molecule has 0 aliphatic carbocycles. The lowest BCUT2D eigenvalue weighted by Gasteiger charge is -2.17. The van der Waals surface area contributed by atoms with Gasteiger partial charge in [-0.2, -0.15) is 4.52 Å². The van der Waals surface area contributed by atoms with E-state index in [1.54, 1.807) is 23.0 Å². The van der Waals surface area contributed by atoms with Gasteiger partial charge >= 0.3 is 0 Å². The first kappa shape index (κ1) is 17.3. The highest BCUT2D eigenvalue weighted by Gasteiger charge is 2.23. The minimum atomic E-state index is -0.366. The zero-order valence-electron chi connectivity index (χ0n) is 14.7. The molecule has 1 aromatic carbocycles. The molecule has 1 unspecified atom stereocenters. The number of fused-ring (bicyclic) bond motifs is 1. The smallest absolute Gasteiger partial charge is 0.225 e. The highest BCUT2D eigenvalue weighted by atomic mass is 19.1. The molecule has 0 radical (unpaired) electrons. The molecule has 8 nitrogen and oxygen atoms in total. The van der Waals surface area contributed by atoms with E-state index >= 15 is 0 Å². The maximum absolute atomic E-state index is 13.1. The van der Waals surface area contributed by atoms with Crippen molar-refractivity contribution in [1.82, 2.24) is 25.1 Å². The summed E-state index contributed by atoms with van der Waals surface area (Å²) in [7, 11) is 0. The number of benzene rings is 1. The van der Waals surface area contributed by atoms with Crippen molar-refractivity contribution in [1.29, 1.82) is 0 Å². The molecule has 0 saturated carbocycles. The molecule has 0 bridgehead atoms. The molecule has 1 fully saturated rings. The number of hydrogen-bond acceptors (Lipinski definition) is 6. The van der Waals surface area contributed by atoms with Crippen molar-refractivity contribution in [3.63, 3.8) is 0 Å². The van der Waals surface area contributed by atoms with E-state index in [2.05, 4.69) is 30.8 Å². The second kappa shape index (κ2) is 7.67. The van der Waals surface area contributed by atoms with Gasteiger partial charge in [-0.25, -0.2) is 4.39 Å². The monoisotopic (exact) mass is 369 g/mol. The van der Waals surface area contributed by atoms with Gasteiger partial charge in [0.2, 0.25) is 5.91 Å². The lowest BCUT2D eigenvalue weighted by Crippen LogP contribution is -2.34. The topological polar surface area (TPSA) is 87.5 Å². The summed E-state index contributed by atoms with van der Waals surface area (Å²) in [5.41, 5.74) is 1.19. The number of hydrogen-bond donors (Lipinski definition) is 2. The summed E-state index contributed by atoms with van der Waals surface area (Å²) in [4.78, 5) is 14.2. The Morgan fingerprint density at radius 1 is 1.30 bits per heavy atom. The number of amides is 1. The van der Waals surface area contributed by atoms with E-state index in [9.17, 15) is 9.18 Å². The average molecular weight is 369 g/mol. The second-order valence-corrected chi connectivity index (χ2v) is 6.52. The molecule has 1 aliphatic heterocycles. The number of aromatic nitrogens is 4. The first-order chi connectivity index (χ1) is 13.2. The molecular weight excluding hydrogens is 349 g/mol.